The zero-order chi connectivity index (χ0) is 23.0. The number of anilines is 2. The molecule has 2 aromatic carbocycles. The number of rotatable bonds is 4. The van der Waals surface area contributed by atoms with Crippen molar-refractivity contribution in [3.05, 3.63) is 70.6 Å². The van der Waals surface area contributed by atoms with Gasteiger partial charge < -0.3 is 10.2 Å². The molecule has 1 saturated heterocycles. The van der Waals surface area contributed by atoms with E-state index in [1.807, 2.05) is 24.3 Å². The number of fused-ring (bicyclic) bond motifs is 1. The van der Waals surface area contributed by atoms with Gasteiger partial charge in [-0.05, 0) is 74.0 Å². The molecule has 0 spiro atoms. The standard InChI is InChI=1S/C25H25N3O3S/c1-16-14-25(2,3)27(4)20-11-10-17(12-19(16)20)13-21-23(30)28(24(31)32-21)15-22(29)26-18-8-6-5-7-9-18/h5-14H,15H2,1-4H3,(H,26,29)/b21-13-. The summed E-state index contributed by atoms with van der Waals surface area (Å²) in [5, 5.41) is 2.26. The number of carbonyl (C=O) groups excluding carboxylic acids is 3. The molecule has 164 valence electrons. The van der Waals surface area contributed by atoms with Crippen molar-refractivity contribution in [2.75, 3.05) is 23.8 Å². The predicted molar refractivity (Wildman–Crippen MR) is 130 cm³/mol. The summed E-state index contributed by atoms with van der Waals surface area (Å²) in [7, 11) is 2.06. The molecule has 1 fully saturated rings. The lowest BCUT2D eigenvalue weighted by Crippen LogP contribution is -2.42. The van der Waals surface area contributed by atoms with Crippen LogP contribution < -0.4 is 10.2 Å². The first kappa shape index (κ1) is 21.9. The van der Waals surface area contributed by atoms with Crippen molar-refractivity contribution in [1.82, 2.24) is 4.90 Å². The van der Waals surface area contributed by atoms with Crippen molar-refractivity contribution in [2.24, 2.45) is 0 Å². The van der Waals surface area contributed by atoms with Crippen LogP contribution in [0.5, 0.6) is 0 Å². The zero-order valence-corrected chi connectivity index (χ0v) is 19.3. The quantitative estimate of drug-likeness (QED) is 0.669. The summed E-state index contributed by atoms with van der Waals surface area (Å²) in [5.74, 6) is -0.869. The Kier molecular flexibility index (Phi) is 5.69. The highest BCUT2D eigenvalue weighted by atomic mass is 32.2. The molecule has 0 unspecified atom stereocenters. The van der Waals surface area contributed by atoms with Gasteiger partial charge in [0.05, 0.1) is 10.4 Å². The van der Waals surface area contributed by atoms with Crippen LogP contribution >= 0.6 is 11.8 Å². The molecule has 0 bridgehead atoms. The van der Waals surface area contributed by atoms with Crippen molar-refractivity contribution >= 4 is 51.8 Å². The third-order valence-electron chi connectivity index (χ3n) is 5.77. The molecule has 32 heavy (non-hydrogen) atoms. The average molecular weight is 448 g/mol. The molecule has 2 aliphatic heterocycles. The molecule has 2 heterocycles. The number of imide groups is 1. The van der Waals surface area contributed by atoms with Crippen molar-refractivity contribution in [3.63, 3.8) is 0 Å². The van der Waals surface area contributed by atoms with E-state index in [4.69, 9.17) is 0 Å². The van der Waals surface area contributed by atoms with Crippen LogP contribution in [0.4, 0.5) is 16.2 Å². The van der Waals surface area contributed by atoms with E-state index in [9.17, 15) is 14.4 Å². The van der Waals surface area contributed by atoms with Gasteiger partial charge in [-0.1, -0.05) is 30.3 Å². The van der Waals surface area contributed by atoms with Gasteiger partial charge >= 0.3 is 0 Å². The maximum Gasteiger partial charge on any atom is 0.294 e. The summed E-state index contributed by atoms with van der Waals surface area (Å²) in [6.45, 7) is 6.09. The van der Waals surface area contributed by atoms with Gasteiger partial charge in [0.2, 0.25) is 5.91 Å². The summed E-state index contributed by atoms with van der Waals surface area (Å²) in [6, 6.07) is 14.9. The third kappa shape index (κ3) is 4.21. The number of nitrogens with one attached hydrogen (secondary N) is 1. The Morgan fingerprint density at radius 3 is 2.56 bits per heavy atom. The fraction of sp³-hybridized carbons (Fsp3) is 0.240. The summed E-state index contributed by atoms with van der Waals surface area (Å²) in [6.07, 6.45) is 3.94. The van der Waals surface area contributed by atoms with E-state index in [2.05, 4.69) is 44.1 Å². The van der Waals surface area contributed by atoms with Gasteiger partial charge in [-0.15, -0.1) is 0 Å². The van der Waals surface area contributed by atoms with E-state index in [-0.39, 0.29) is 12.1 Å². The fourth-order valence-corrected chi connectivity index (χ4v) is 4.76. The summed E-state index contributed by atoms with van der Waals surface area (Å²) >= 11 is 0.857. The highest BCUT2D eigenvalue weighted by Gasteiger charge is 2.36. The molecular weight excluding hydrogens is 422 g/mol. The van der Waals surface area contributed by atoms with E-state index in [1.165, 1.54) is 5.57 Å². The highest BCUT2D eigenvalue weighted by Crippen LogP contribution is 2.39. The minimum Gasteiger partial charge on any atom is -0.366 e. The van der Waals surface area contributed by atoms with Gasteiger partial charge in [0, 0.05) is 24.0 Å². The van der Waals surface area contributed by atoms with E-state index in [0.29, 0.717) is 10.6 Å². The maximum atomic E-state index is 12.8. The minimum atomic E-state index is -0.452. The number of likely N-dealkylation sites (N-methyl/N-ethyl adjacent to an activating group) is 1. The molecule has 0 radical (unpaired) electrons. The molecule has 0 atom stereocenters. The average Bonchev–Trinajstić information content (AvgIpc) is 3.00. The molecule has 0 aliphatic carbocycles. The second-order valence-corrected chi connectivity index (χ2v) is 9.49. The zero-order valence-electron chi connectivity index (χ0n) is 18.5. The van der Waals surface area contributed by atoms with Crippen molar-refractivity contribution in [3.8, 4) is 0 Å². The Morgan fingerprint density at radius 1 is 1.12 bits per heavy atom. The van der Waals surface area contributed by atoms with Crippen molar-refractivity contribution in [1.29, 1.82) is 0 Å². The molecule has 6 nitrogen and oxygen atoms in total. The molecule has 2 aliphatic rings. The molecular formula is C25H25N3O3S. The lowest BCUT2D eigenvalue weighted by atomic mass is 9.88. The number of benzene rings is 2. The Morgan fingerprint density at radius 2 is 1.84 bits per heavy atom. The Bertz CT molecular complexity index is 1170. The fourth-order valence-electron chi connectivity index (χ4n) is 3.92. The van der Waals surface area contributed by atoms with Gasteiger partial charge in [-0.3, -0.25) is 19.3 Å². The minimum absolute atomic E-state index is 0.0818. The largest absolute Gasteiger partial charge is 0.366 e. The van der Waals surface area contributed by atoms with Gasteiger partial charge in [-0.2, -0.15) is 0 Å². The molecule has 3 amide bonds. The first-order valence-electron chi connectivity index (χ1n) is 10.3. The van der Waals surface area contributed by atoms with Gasteiger partial charge in [0.15, 0.2) is 0 Å². The van der Waals surface area contributed by atoms with Crippen molar-refractivity contribution < 1.29 is 14.4 Å². The number of amides is 3. The van der Waals surface area contributed by atoms with Gasteiger partial charge in [0.25, 0.3) is 11.1 Å². The number of hydrogen-bond acceptors (Lipinski definition) is 5. The maximum absolute atomic E-state index is 12.8. The van der Waals surface area contributed by atoms with Crippen LogP contribution in [0.15, 0.2) is 59.5 Å². The van der Waals surface area contributed by atoms with Gasteiger partial charge in [-0.25, -0.2) is 0 Å². The third-order valence-corrected chi connectivity index (χ3v) is 6.68. The molecule has 4 rings (SSSR count). The monoisotopic (exact) mass is 447 g/mol. The van der Waals surface area contributed by atoms with Crippen LogP contribution in [-0.4, -0.2) is 41.1 Å². The van der Waals surface area contributed by atoms with Crippen LogP contribution in [-0.2, 0) is 9.59 Å². The van der Waals surface area contributed by atoms with Crippen LogP contribution in [0.3, 0.4) is 0 Å². The molecule has 2 aromatic rings. The Balaban J connectivity index is 1.52. The molecule has 7 heteroatoms. The SMILES string of the molecule is CC1=CC(C)(C)N(C)c2ccc(/C=C3\SC(=O)N(CC(=O)Nc4ccccc4)C3=O)cc21. The van der Waals surface area contributed by atoms with E-state index >= 15 is 0 Å². The molecule has 0 saturated carbocycles. The summed E-state index contributed by atoms with van der Waals surface area (Å²) in [4.78, 5) is 41.0. The number of para-hydroxylation sites is 1. The number of thioether (sulfide) groups is 1. The summed E-state index contributed by atoms with van der Waals surface area (Å²) in [5.41, 5.74) is 4.76. The number of allylic oxidation sites excluding steroid dienone is 1. The Hall–Kier alpha value is -3.32. The lowest BCUT2D eigenvalue weighted by molar-refractivity contribution is -0.127. The van der Waals surface area contributed by atoms with Crippen LogP contribution in [0.25, 0.3) is 11.6 Å². The number of nitrogens with zero attached hydrogens (tertiary/aromatic N) is 2. The smallest absolute Gasteiger partial charge is 0.294 e. The van der Waals surface area contributed by atoms with E-state index in [1.54, 1.807) is 30.3 Å². The first-order valence-corrected chi connectivity index (χ1v) is 11.2. The van der Waals surface area contributed by atoms with Crippen LogP contribution in [0.2, 0.25) is 0 Å². The first-order chi connectivity index (χ1) is 15.2. The highest BCUT2D eigenvalue weighted by molar-refractivity contribution is 8.18. The number of hydrogen-bond donors (Lipinski definition) is 1. The lowest BCUT2D eigenvalue weighted by Gasteiger charge is -2.40. The van der Waals surface area contributed by atoms with Crippen LogP contribution in [0, 0.1) is 0 Å². The summed E-state index contributed by atoms with van der Waals surface area (Å²) < 4.78 is 0. The second kappa shape index (κ2) is 8.31. The molecule has 1 N–H and O–H groups in total. The van der Waals surface area contributed by atoms with Crippen LogP contribution in [0.1, 0.15) is 31.9 Å². The van der Waals surface area contributed by atoms with Gasteiger partial charge in [0.1, 0.15) is 6.54 Å². The Labute approximate surface area is 192 Å². The van der Waals surface area contributed by atoms with Crippen molar-refractivity contribution in [2.45, 2.75) is 26.3 Å². The second-order valence-electron chi connectivity index (χ2n) is 8.50. The predicted octanol–water partition coefficient (Wildman–Crippen LogP) is 4.99. The molecule has 0 aromatic heterocycles. The van der Waals surface area contributed by atoms with E-state index < -0.39 is 17.1 Å². The number of carbonyl (C=O) groups is 3. The van der Waals surface area contributed by atoms with E-state index in [0.717, 1.165) is 33.5 Å². The topological polar surface area (TPSA) is 69.7 Å². The normalized spacial score (nSPS) is 18.6.